The SMILES string of the molecule is Cc1cc(CNCC(C)N2CCCCC2)c(C)n1C. The van der Waals surface area contributed by atoms with E-state index in [1.807, 2.05) is 0 Å². The molecule has 0 radical (unpaired) electrons. The molecule has 0 amide bonds. The van der Waals surface area contributed by atoms with Gasteiger partial charge < -0.3 is 9.88 Å². The Balaban J connectivity index is 1.77. The normalized spacial score (nSPS) is 18.7. The molecule has 2 heterocycles. The minimum absolute atomic E-state index is 0.658. The Hall–Kier alpha value is -0.800. The Bertz CT molecular complexity index is 402. The molecule has 3 heteroatoms. The van der Waals surface area contributed by atoms with Crippen LogP contribution in [0.25, 0.3) is 0 Å². The van der Waals surface area contributed by atoms with Crippen LogP contribution in [0.3, 0.4) is 0 Å². The van der Waals surface area contributed by atoms with Crippen LogP contribution in [0.4, 0.5) is 0 Å². The molecule has 19 heavy (non-hydrogen) atoms. The van der Waals surface area contributed by atoms with Crippen LogP contribution in [0.5, 0.6) is 0 Å². The second-order valence-electron chi connectivity index (χ2n) is 6.03. The molecule has 1 aliphatic heterocycles. The maximum absolute atomic E-state index is 3.63. The molecule has 2 rings (SSSR count). The van der Waals surface area contributed by atoms with Crippen molar-refractivity contribution in [3.8, 4) is 0 Å². The van der Waals surface area contributed by atoms with Crippen molar-refractivity contribution >= 4 is 0 Å². The molecular formula is C16H29N3. The van der Waals surface area contributed by atoms with E-state index in [1.165, 1.54) is 49.3 Å². The summed E-state index contributed by atoms with van der Waals surface area (Å²) in [6, 6.07) is 2.96. The van der Waals surface area contributed by atoms with Crippen molar-refractivity contribution in [1.29, 1.82) is 0 Å². The summed E-state index contributed by atoms with van der Waals surface area (Å²) in [5.41, 5.74) is 4.17. The van der Waals surface area contributed by atoms with Gasteiger partial charge in [0.15, 0.2) is 0 Å². The first-order valence-electron chi connectivity index (χ1n) is 7.66. The second kappa shape index (κ2) is 6.58. The van der Waals surface area contributed by atoms with E-state index in [1.54, 1.807) is 0 Å². The topological polar surface area (TPSA) is 20.2 Å². The maximum Gasteiger partial charge on any atom is 0.0223 e. The lowest BCUT2D eigenvalue weighted by Gasteiger charge is -2.32. The van der Waals surface area contributed by atoms with Gasteiger partial charge in [-0.25, -0.2) is 0 Å². The zero-order valence-corrected chi connectivity index (χ0v) is 13.0. The quantitative estimate of drug-likeness (QED) is 0.881. The van der Waals surface area contributed by atoms with Crippen LogP contribution >= 0.6 is 0 Å². The number of aromatic nitrogens is 1. The number of likely N-dealkylation sites (tertiary alicyclic amines) is 1. The third-order valence-corrected chi connectivity index (χ3v) is 4.65. The molecule has 1 aromatic rings. The van der Waals surface area contributed by atoms with Crippen LogP contribution < -0.4 is 5.32 Å². The summed E-state index contributed by atoms with van der Waals surface area (Å²) in [7, 11) is 2.14. The van der Waals surface area contributed by atoms with Crippen molar-refractivity contribution in [2.75, 3.05) is 19.6 Å². The number of hydrogen-bond donors (Lipinski definition) is 1. The minimum Gasteiger partial charge on any atom is -0.352 e. The molecule has 1 saturated heterocycles. The first-order chi connectivity index (χ1) is 9.09. The van der Waals surface area contributed by atoms with Crippen LogP contribution in [-0.2, 0) is 13.6 Å². The first kappa shape index (κ1) is 14.6. The van der Waals surface area contributed by atoms with E-state index in [-0.39, 0.29) is 0 Å². The lowest BCUT2D eigenvalue weighted by molar-refractivity contribution is 0.170. The molecule has 1 aliphatic rings. The maximum atomic E-state index is 3.63. The van der Waals surface area contributed by atoms with Gasteiger partial charge in [0.05, 0.1) is 0 Å². The fraction of sp³-hybridized carbons (Fsp3) is 0.750. The molecule has 1 fully saturated rings. The molecule has 108 valence electrons. The minimum atomic E-state index is 0.658. The average molecular weight is 263 g/mol. The molecule has 0 saturated carbocycles. The summed E-state index contributed by atoms with van der Waals surface area (Å²) in [5.74, 6) is 0. The fourth-order valence-electron chi connectivity index (χ4n) is 3.02. The van der Waals surface area contributed by atoms with Crippen LogP contribution in [0.2, 0.25) is 0 Å². The first-order valence-corrected chi connectivity index (χ1v) is 7.66. The van der Waals surface area contributed by atoms with Crippen LogP contribution in [0.15, 0.2) is 6.07 Å². The third kappa shape index (κ3) is 3.61. The predicted octanol–water partition coefficient (Wildman–Crippen LogP) is 2.61. The Kier molecular flexibility index (Phi) is 5.06. The van der Waals surface area contributed by atoms with Crippen molar-refractivity contribution in [2.45, 2.75) is 52.6 Å². The van der Waals surface area contributed by atoms with Gasteiger partial charge in [-0.05, 0) is 58.3 Å². The third-order valence-electron chi connectivity index (χ3n) is 4.65. The zero-order chi connectivity index (χ0) is 13.8. The Morgan fingerprint density at radius 2 is 1.89 bits per heavy atom. The standard InChI is InChI=1S/C16H29N3/c1-13-10-16(15(3)18(13)4)12-17-11-14(2)19-8-6-5-7-9-19/h10,14,17H,5-9,11-12H2,1-4H3. The molecule has 3 nitrogen and oxygen atoms in total. The molecule has 0 aliphatic carbocycles. The van der Waals surface area contributed by atoms with Gasteiger partial charge in [0.25, 0.3) is 0 Å². The molecule has 0 bridgehead atoms. The van der Waals surface area contributed by atoms with Crippen LogP contribution in [-0.4, -0.2) is 35.1 Å². The molecule has 0 aromatic carbocycles. The highest BCUT2D eigenvalue weighted by atomic mass is 15.2. The number of hydrogen-bond acceptors (Lipinski definition) is 2. The van der Waals surface area contributed by atoms with Crippen molar-refractivity contribution < 1.29 is 0 Å². The van der Waals surface area contributed by atoms with Crippen molar-refractivity contribution in [1.82, 2.24) is 14.8 Å². The smallest absolute Gasteiger partial charge is 0.0223 e. The summed E-state index contributed by atoms with van der Waals surface area (Å²) in [6.45, 7) is 11.4. The van der Waals surface area contributed by atoms with Gasteiger partial charge in [-0.1, -0.05) is 6.42 Å². The van der Waals surface area contributed by atoms with Gasteiger partial charge in [-0.15, -0.1) is 0 Å². The largest absolute Gasteiger partial charge is 0.352 e. The van der Waals surface area contributed by atoms with Crippen LogP contribution in [0, 0.1) is 13.8 Å². The summed E-state index contributed by atoms with van der Waals surface area (Å²) >= 11 is 0. The molecule has 1 aromatic heterocycles. The summed E-state index contributed by atoms with van der Waals surface area (Å²) in [4.78, 5) is 2.62. The second-order valence-corrected chi connectivity index (χ2v) is 6.03. The predicted molar refractivity (Wildman–Crippen MR) is 81.5 cm³/mol. The Labute approximate surface area is 118 Å². The number of aryl methyl sites for hydroxylation is 1. The van der Waals surface area contributed by atoms with Gasteiger partial charge in [0.2, 0.25) is 0 Å². The van der Waals surface area contributed by atoms with E-state index in [0.717, 1.165) is 13.1 Å². The Morgan fingerprint density at radius 1 is 1.21 bits per heavy atom. The van der Waals surface area contributed by atoms with Gasteiger partial charge in [0.1, 0.15) is 0 Å². The van der Waals surface area contributed by atoms with E-state index >= 15 is 0 Å². The van der Waals surface area contributed by atoms with Crippen molar-refractivity contribution in [2.24, 2.45) is 7.05 Å². The van der Waals surface area contributed by atoms with Gasteiger partial charge in [-0.2, -0.15) is 0 Å². The van der Waals surface area contributed by atoms with Gasteiger partial charge in [-0.3, -0.25) is 4.90 Å². The number of piperidine rings is 1. The van der Waals surface area contributed by atoms with Gasteiger partial charge >= 0.3 is 0 Å². The van der Waals surface area contributed by atoms with Crippen molar-refractivity contribution in [3.63, 3.8) is 0 Å². The molecular weight excluding hydrogens is 234 g/mol. The molecule has 0 spiro atoms. The summed E-state index contributed by atoms with van der Waals surface area (Å²) in [5, 5.41) is 3.63. The zero-order valence-electron chi connectivity index (χ0n) is 13.0. The van der Waals surface area contributed by atoms with E-state index in [2.05, 4.69) is 48.7 Å². The molecule has 1 atom stereocenters. The van der Waals surface area contributed by atoms with E-state index in [9.17, 15) is 0 Å². The van der Waals surface area contributed by atoms with Crippen molar-refractivity contribution in [3.05, 3.63) is 23.0 Å². The number of rotatable bonds is 5. The summed E-state index contributed by atoms with van der Waals surface area (Å²) < 4.78 is 2.27. The number of nitrogens with one attached hydrogen (secondary N) is 1. The lowest BCUT2D eigenvalue weighted by Crippen LogP contribution is -2.42. The van der Waals surface area contributed by atoms with Crippen LogP contribution in [0.1, 0.15) is 43.1 Å². The van der Waals surface area contributed by atoms with E-state index < -0.39 is 0 Å². The Morgan fingerprint density at radius 3 is 2.47 bits per heavy atom. The fourth-order valence-corrected chi connectivity index (χ4v) is 3.02. The average Bonchev–Trinajstić information content (AvgIpc) is 2.67. The highest BCUT2D eigenvalue weighted by molar-refractivity contribution is 5.26. The molecule has 1 unspecified atom stereocenters. The monoisotopic (exact) mass is 263 g/mol. The lowest BCUT2D eigenvalue weighted by atomic mass is 10.1. The molecule has 1 N–H and O–H groups in total. The number of nitrogens with zero attached hydrogens (tertiary/aromatic N) is 2. The van der Waals surface area contributed by atoms with Gasteiger partial charge in [0, 0.05) is 37.6 Å². The summed E-state index contributed by atoms with van der Waals surface area (Å²) in [6.07, 6.45) is 4.17. The van der Waals surface area contributed by atoms with E-state index in [4.69, 9.17) is 0 Å². The van der Waals surface area contributed by atoms with E-state index in [0.29, 0.717) is 6.04 Å². The highest BCUT2D eigenvalue weighted by Crippen LogP contribution is 2.14. The highest BCUT2D eigenvalue weighted by Gasteiger charge is 2.16.